The van der Waals surface area contributed by atoms with Crippen LogP contribution in [0.15, 0.2) is 133 Å². The number of hydrogen-bond donors (Lipinski definition) is 3. The van der Waals surface area contributed by atoms with E-state index in [1.165, 1.54) is 66.0 Å². The topological polar surface area (TPSA) is 179 Å². The summed E-state index contributed by atoms with van der Waals surface area (Å²) in [4.78, 5) is 32.0. The van der Waals surface area contributed by atoms with E-state index in [1.807, 2.05) is 74.5 Å². The molecular weight excluding hydrogens is 1440 g/mol. The maximum absolute atomic E-state index is 12.6. The molecule has 0 radical (unpaired) electrons. The number of phenolic OH excluding ortho intramolecular Hbond substituents is 1. The Morgan fingerprint density at radius 2 is 1.05 bits per heavy atom. The van der Waals surface area contributed by atoms with E-state index >= 15 is 0 Å². The summed E-state index contributed by atoms with van der Waals surface area (Å²) in [6.45, 7) is 66.2. The summed E-state index contributed by atoms with van der Waals surface area (Å²) >= 11 is 0. The minimum absolute atomic E-state index is 0.0670. The standard InChI is InChI=1S/C15H16O.2C12H18O.C11H14O2.C9H11FO.2C9H19NO.C8H16O.2C7H14O2/c1-12(2)13-7-6-10-15(11-13)16-14-8-4-3-5-9-14;1-9(2)8-13-12-10(3)6-5-7-11(12)4;1-10(2)8-9-13-12-6-4-11(3)5-7-12;1-8(2)5-9-3-4-10-11(6-9)13-7-12-10;1-6(2)8-5-7(10)3-4-9(8)11;2*1-6(2)9(7(3)4)10-8(5)11;1-7(2)8-3-5-9-6-4-8;1-6(2)9-7-3-4-8-5-7;1-6(2)4-5-7(8)9-3/h3-12H,1-2H3;5-7,9H,8H2,1-4H3;4-7,10H,8-9H2,1-3H3;3-4,6,8H,5,7H2,1-2H3;3-6,11H,1-2H3;2*6-7,9H,1-5H3,(H,10,11);7-8H,3-6H2,1-2H3;6-7H,3-5H2,1-2H3;6H,4-5H2,1-3H3/t;;;;;;;;7-;/m........1./s1. The van der Waals surface area contributed by atoms with Gasteiger partial charge in [0, 0.05) is 52.2 Å². The molecule has 2 amide bonds. The first kappa shape index (κ1) is 107. The molecule has 650 valence electrons. The van der Waals surface area contributed by atoms with Crippen LogP contribution in [0, 0.1) is 85.8 Å². The van der Waals surface area contributed by atoms with Gasteiger partial charge in [0.1, 0.15) is 34.6 Å². The molecule has 15 nitrogen and oxygen atoms in total. The molecule has 16 heteroatoms. The molecule has 0 bridgehead atoms. The van der Waals surface area contributed by atoms with E-state index < -0.39 is 0 Å². The van der Waals surface area contributed by atoms with Gasteiger partial charge in [-0.15, -0.1) is 0 Å². The van der Waals surface area contributed by atoms with Gasteiger partial charge in [0.25, 0.3) is 0 Å². The molecule has 3 N–H and O–H groups in total. The largest absolute Gasteiger partial charge is 0.508 e. The zero-order valence-electron chi connectivity index (χ0n) is 77.1. The van der Waals surface area contributed by atoms with Gasteiger partial charge in [0.15, 0.2) is 11.5 Å². The number of carbonyl (C=O) groups is 3. The normalized spacial score (nSPS) is 13.3. The van der Waals surface area contributed by atoms with E-state index in [0.29, 0.717) is 96.3 Å². The minimum atomic E-state index is -0.300. The van der Waals surface area contributed by atoms with Gasteiger partial charge < -0.3 is 58.4 Å². The number of para-hydroxylation sites is 2. The number of methoxy groups -OCH3 is 1. The van der Waals surface area contributed by atoms with Crippen molar-refractivity contribution in [3.05, 3.63) is 173 Å². The molecule has 115 heavy (non-hydrogen) atoms. The molecule has 0 aliphatic carbocycles. The van der Waals surface area contributed by atoms with Gasteiger partial charge in [-0.3, -0.25) is 14.4 Å². The predicted octanol–water partition coefficient (Wildman–Crippen LogP) is 25.1. The van der Waals surface area contributed by atoms with E-state index in [2.05, 4.69) is 243 Å². The number of esters is 1. The van der Waals surface area contributed by atoms with Crippen LogP contribution >= 0.6 is 0 Å². The number of hydrogen-bond acceptors (Lipinski definition) is 13. The van der Waals surface area contributed by atoms with Crippen LogP contribution in [-0.4, -0.2) is 101 Å². The van der Waals surface area contributed by atoms with Crippen LogP contribution in [0.2, 0.25) is 0 Å². The van der Waals surface area contributed by atoms with E-state index in [0.717, 1.165) is 112 Å². The summed E-state index contributed by atoms with van der Waals surface area (Å²) in [6.07, 6.45) is 8.01. The molecule has 3 heterocycles. The van der Waals surface area contributed by atoms with Crippen molar-refractivity contribution in [3.8, 4) is 40.2 Å². The van der Waals surface area contributed by atoms with Gasteiger partial charge >= 0.3 is 5.97 Å². The maximum atomic E-state index is 12.6. The average molecular weight is 1600 g/mol. The van der Waals surface area contributed by atoms with Gasteiger partial charge in [0.2, 0.25) is 18.6 Å². The van der Waals surface area contributed by atoms with Crippen molar-refractivity contribution in [1.29, 1.82) is 0 Å². The van der Waals surface area contributed by atoms with Crippen LogP contribution in [0.3, 0.4) is 0 Å². The van der Waals surface area contributed by atoms with Crippen LogP contribution in [0.5, 0.6) is 40.2 Å². The summed E-state index contributed by atoms with van der Waals surface area (Å²) in [7, 11) is 1.42. The van der Waals surface area contributed by atoms with Gasteiger partial charge in [-0.1, -0.05) is 225 Å². The molecule has 0 aromatic heterocycles. The van der Waals surface area contributed by atoms with E-state index in [9.17, 15) is 23.9 Å². The molecule has 2 saturated heterocycles. The van der Waals surface area contributed by atoms with Crippen LogP contribution in [0.1, 0.15) is 264 Å². The maximum Gasteiger partial charge on any atom is 0.305 e. The quantitative estimate of drug-likeness (QED) is 0.0462. The van der Waals surface area contributed by atoms with Crippen LogP contribution in [0.4, 0.5) is 4.39 Å². The average Bonchev–Trinajstić information content (AvgIpc) is 1.71. The van der Waals surface area contributed by atoms with Crippen molar-refractivity contribution in [1.82, 2.24) is 10.6 Å². The second-order valence-corrected chi connectivity index (χ2v) is 34.4. The number of phenols is 1. The summed E-state index contributed by atoms with van der Waals surface area (Å²) in [5.74, 6) is 12.5. The molecule has 2 fully saturated rings. The number of ether oxygens (including phenoxy) is 9. The number of aryl methyl sites for hydroxylation is 3. The summed E-state index contributed by atoms with van der Waals surface area (Å²) in [5, 5.41) is 15.1. The molecule has 9 rings (SSSR count). The van der Waals surface area contributed by atoms with Crippen molar-refractivity contribution in [3.63, 3.8) is 0 Å². The summed E-state index contributed by atoms with van der Waals surface area (Å²) in [6, 6.07) is 43.3. The van der Waals surface area contributed by atoms with E-state index in [1.54, 1.807) is 13.8 Å². The molecule has 1 atom stereocenters. The molecule has 6 aromatic carbocycles. The number of rotatable bonds is 25. The number of amides is 2. The van der Waals surface area contributed by atoms with Crippen molar-refractivity contribution < 1.29 is 66.5 Å². The van der Waals surface area contributed by atoms with Crippen LogP contribution < -0.4 is 34.3 Å². The monoisotopic (exact) mass is 1600 g/mol. The Kier molecular flexibility index (Phi) is 57.6. The van der Waals surface area contributed by atoms with E-state index in [4.69, 9.17) is 37.9 Å². The highest BCUT2D eigenvalue weighted by Gasteiger charge is 2.21. The zero-order chi connectivity index (χ0) is 87.3. The third-order valence-corrected chi connectivity index (χ3v) is 18.5. The first-order valence-corrected chi connectivity index (χ1v) is 42.6. The Hall–Kier alpha value is -7.66. The highest BCUT2D eigenvalue weighted by molar-refractivity contribution is 5.73. The lowest BCUT2D eigenvalue weighted by Crippen LogP contribution is -2.40. The first-order valence-electron chi connectivity index (χ1n) is 42.6. The molecule has 3 aliphatic heterocycles. The second kappa shape index (κ2) is 61.7. The molecular formula is C99H159FN2O13. The second-order valence-electron chi connectivity index (χ2n) is 34.4. The van der Waals surface area contributed by atoms with Crippen molar-refractivity contribution in [2.24, 2.45) is 59.2 Å². The number of aromatic hydroxyl groups is 1. The highest BCUT2D eigenvalue weighted by atomic mass is 19.1. The molecule has 6 aromatic rings. The molecule has 0 spiro atoms. The number of benzene rings is 6. The Morgan fingerprint density at radius 3 is 1.49 bits per heavy atom. The van der Waals surface area contributed by atoms with Gasteiger partial charge in [-0.05, 0) is 239 Å². The van der Waals surface area contributed by atoms with Crippen molar-refractivity contribution in [2.75, 3.05) is 53.5 Å². The van der Waals surface area contributed by atoms with E-state index in [-0.39, 0.29) is 35.3 Å². The van der Waals surface area contributed by atoms with Crippen LogP contribution in [-0.2, 0) is 39.8 Å². The summed E-state index contributed by atoms with van der Waals surface area (Å²) in [5.41, 5.74) is 7.00. The number of halogens is 1. The fraction of sp³-hybridized carbons (Fsp3) is 0.606. The molecule has 3 aliphatic rings. The van der Waals surface area contributed by atoms with Gasteiger partial charge in [-0.25, -0.2) is 4.39 Å². The zero-order valence-corrected chi connectivity index (χ0v) is 77.1. The highest BCUT2D eigenvalue weighted by Crippen LogP contribution is 2.34. The smallest absolute Gasteiger partial charge is 0.305 e. The Bertz CT molecular complexity index is 3400. The summed E-state index contributed by atoms with van der Waals surface area (Å²) < 4.78 is 60.5. The number of carbonyl (C=O) groups excluding carboxylic acids is 3. The predicted molar refractivity (Wildman–Crippen MR) is 477 cm³/mol. The lowest BCUT2D eigenvalue weighted by atomic mass is 9.89. The lowest BCUT2D eigenvalue weighted by molar-refractivity contribution is -0.141. The minimum Gasteiger partial charge on any atom is -0.508 e. The first-order chi connectivity index (χ1) is 54.1. The number of nitrogens with one attached hydrogen (secondary N) is 2. The fourth-order valence-corrected chi connectivity index (χ4v) is 12.0. The van der Waals surface area contributed by atoms with Gasteiger partial charge in [0.05, 0.1) is 39.1 Å². The third kappa shape index (κ3) is 53.3. The SMILES string of the molecule is CC(=O)NC(C(C)C)C(C)C.CC(=O)NC(C(C)C)C(C)C.CC(C)C1CCOCC1.CC(C)Cc1ccc2c(c1)OCO2.CC(C)O[C@@H]1CCOC1.CC(C)c1cc(F)ccc1O.CC(C)c1cccc(Oc2ccccc2)c1.COC(=O)CCC(C)C.Cc1ccc(OCCC(C)C)cc1.Cc1cccc(C)c1OCC(C)C. The fourth-order valence-electron chi connectivity index (χ4n) is 12.0. The molecule has 0 unspecified atom stereocenters. The Morgan fingerprint density at radius 1 is 0.522 bits per heavy atom. The van der Waals surface area contributed by atoms with Crippen molar-refractivity contribution in [2.45, 2.75) is 282 Å². The number of fused-ring (bicyclic) bond motifs is 1. The van der Waals surface area contributed by atoms with Gasteiger partial charge in [-0.2, -0.15) is 0 Å². The van der Waals surface area contributed by atoms with Crippen molar-refractivity contribution >= 4 is 17.8 Å². The van der Waals surface area contributed by atoms with Crippen LogP contribution in [0.25, 0.3) is 0 Å². The lowest BCUT2D eigenvalue weighted by Gasteiger charge is -2.25. The Balaban J connectivity index is 0.00000126. The molecule has 0 saturated carbocycles. The third-order valence-electron chi connectivity index (χ3n) is 18.5. The Labute approximate surface area is 698 Å².